The second-order valence-corrected chi connectivity index (χ2v) is 8.12. The normalized spacial score (nSPS) is 15.4. The van der Waals surface area contributed by atoms with Gasteiger partial charge in [-0.05, 0) is 56.4 Å². The van der Waals surface area contributed by atoms with Gasteiger partial charge in [-0.3, -0.25) is 4.79 Å². The zero-order chi connectivity index (χ0) is 22.0. The zero-order valence-electron chi connectivity index (χ0n) is 17.4. The van der Waals surface area contributed by atoms with E-state index in [1.54, 1.807) is 38.1 Å². The number of aryl methyl sites for hydroxylation is 1. The van der Waals surface area contributed by atoms with Crippen LogP contribution in [0.2, 0.25) is 0 Å². The first kappa shape index (κ1) is 21.0. The van der Waals surface area contributed by atoms with E-state index in [2.05, 4.69) is 15.5 Å². The molecule has 1 aromatic carbocycles. The van der Waals surface area contributed by atoms with Crippen LogP contribution in [-0.2, 0) is 6.61 Å². The molecule has 0 unspecified atom stereocenters. The average Bonchev–Trinajstić information content (AvgIpc) is 3.54. The Bertz CT molecular complexity index is 1070. The molecule has 1 aliphatic carbocycles. The van der Waals surface area contributed by atoms with Gasteiger partial charge in [-0.2, -0.15) is 0 Å². The molecule has 0 radical (unpaired) electrons. The summed E-state index contributed by atoms with van der Waals surface area (Å²) in [6, 6.07) is 9.26. The monoisotopic (exact) mass is 425 g/mol. The number of rotatable bonds is 8. The topological polar surface area (TPSA) is 97.5 Å². The highest BCUT2D eigenvalue weighted by Crippen LogP contribution is 2.39. The minimum atomic E-state index is -0.929. The molecule has 31 heavy (non-hydrogen) atoms. The van der Waals surface area contributed by atoms with Crippen molar-refractivity contribution in [3.05, 3.63) is 65.4 Å². The molecule has 0 bridgehead atoms. The molecule has 0 spiro atoms. The van der Waals surface area contributed by atoms with Gasteiger partial charge < -0.3 is 19.7 Å². The highest BCUT2D eigenvalue weighted by molar-refractivity contribution is 5.95. The fourth-order valence-corrected chi connectivity index (χ4v) is 3.37. The second kappa shape index (κ2) is 8.47. The Kier molecular flexibility index (Phi) is 5.73. The van der Waals surface area contributed by atoms with Crippen LogP contribution in [-0.4, -0.2) is 33.3 Å². The molecule has 3 aromatic rings. The van der Waals surface area contributed by atoms with E-state index >= 15 is 0 Å². The van der Waals surface area contributed by atoms with Gasteiger partial charge >= 0.3 is 0 Å². The largest absolute Gasteiger partial charge is 0.471 e. The summed E-state index contributed by atoms with van der Waals surface area (Å²) in [5.41, 5.74) is 1.19. The number of benzene rings is 1. The lowest BCUT2D eigenvalue weighted by molar-refractivity contribution is 0.0354. The van der Waals surface area contributed by atoms with E-state index in [1.807, 2.05) is 0 Å². The summed E-state index contributed by atoms with van der Waals surface area (Å²) in [5.74, 6) is 0.453. The van der Waals surface area contributed by atoms with E-state index in [4.69, 9.17) is 9.26 Å². The fraction of sp³-hybridized carbons (Fsp3) is 0.348. The van der Waals surface area contributed by atoms with Crippen molar-refractivity contribution in [3.63, 3.8) is 0 Å². The van der Waals surface area contributed by atoms with Gasteiger partial charge in [0.15, 0.2) is 0 Å². The molecule has 2 N–H and O–H groups in total. The number of aliphatic hydroxyl groups is 1. The first-order chi connectivity index (χ1) is 14.8. The van der Waals surface area contributed by atoms with E-state index in [0.29, 0.717) is 28.1 Å². The van der Waals surface area contributed by atoms with Gasteiger partial charge in [-0.25, -0.2) is 9.37 Å². The number of carbonyl (C=O) groups is 1. The number of hydrogen-bond acceptors (Lipinski definition) is 6. The number of nitrogens with zero attached hydrogens (tertiary/aromatic N) is 2. The molecule has 7 nitrogen and oxygen atoms in total. The number of amides is 1. The van der Waals surface area contributed by atoms with E-state index in [-0.39, 0.29) is 36.7 Å². The van der Waals surface area contributed by atoms with Crippen molar-refractivity contribution >= 4 is 5.91 Å². The molecule has 2 aromatic heterocycles. The highest BCUT2D eigenvalue weighted by atomic mass is 19.1. The van der Waals surface area contributed by atoms with Crippen molar-refractivity contribution in [2.45, 2.75) is 38.9 Å². The third-order valence-corrected chi connectivity index (χ3v) is 5.37. The molecule has 4 rings (SSSR count). The summed E-state index contributed by atoms with van der Waals surface area (Å²) < 4.78 is 24.3. The minimum Gasteiger partial charge on any atom is -0.471 e. The van der Waals surface area contributed by atoms with Gasteiger partial charge in [-0.1, -0.05) is 17.3 Å². The van der Waals surface area contributed by atoms with Gasteiger partial charge in [0.05, 0.1) is 11.2 Å². The summed E-state index contributed by atoms with van der Waals surface area (Å²) in [4.78, 5) is 17.0. The lowest BCUT2D eigenvalue weighted by atomic mass is 10.0. The van der Waals surface area contributed by atoms with Crippen LogP contribution in [0.5, 0.6) is 5.88 Å². The molecule has 1 saturated carbocycles. The Balaban J connectivity index is 1.56. The van der Waals surface area contributed by atoms with Crippen molar-refractivity contribution in [3.8, 4) is 17.0 Å². The summed E-state index contributed by atoms with van der Waals surface area (Å²) in [6.45, 7) is 3.81. The van der Waals surface area contributed by atoms with Crippen LogP contribution in [0.25, 0.3) is 11.1 Å². The van der Waals surface area contributed by atoms with Crippen LogP contribution in [0.15, 0.2) is 47.1 Å². The van der Waals surface area contributed by atoms with Crippen molar-refractivity contribution in [2.24, 2.45) is 5.92 Å². The number of carbonyl (C=O) groups excluding carboxylic acids is 1. The number of aromatic nitrogens is 2. The van der Waals surface area contributed by atoms with Crippen molar-refractivity contribution in [1.82, 2.24) is 15.5 Å². The molecule has 8 heteroatoms. The SMILES string of the molecule is Cc1cc(COc2ncc(C(=O)NC[C@](C)(O)C3CC3)cc2-c2ccc(F)cc2)no1. The standard InChI is InChI=1S/C23H24FN3O4/c1-14-9-19(27-31-14)12-30-22-20(15-3-7-18(24)8-4-15)10-16(11-25-22)21(28)26-13-23(2,29)17-5-6-17/h3-4,7-11,17,29H,5-6,12-13H2,1-2H3,(H,26,28)/t23-/m0/s1. The number of ether oxygens (including phenoxy) is 1. The smallest absolute Gasteiger partial charge is 0.252 e. The number of hydrogen-bond donors (Lipinski definition) is 2. The second-order valence-electron chi connectivity index (χ2n) is 8.12. The maximum absolute atomic E-state index is 13.4. The van der Waals surface area contributed by atoms with Gasteiger partial charge in [0, 0.05) is 24.4 Å². The Morgan fingerprint density at radius 2 is 2.06 bits per heavy atom. The van der Waals surface area contributed by atoms with Gasteiger partial charge in [-0.15, -0.1) is 0 Å². The third-order valence-electron chi connectivity index (χ3n) is 5.37. The molecule has 1 atom stereocenters. The zero-order valence-corrected chi connectivity index (χ0v) is 17.4. The Morgan fingerprint density at radius 1 is 1.32 bits per heavy atom. The third kappa shape index (κ3) is 5.08. The lowest BCUT2D eigenvalue weighted by Gasteiger charge is -2.23. The van der Waals surface area contributed by atoms with E-state index in [0.717, 1.165) is 12.8 Å². The molecule has 0 saturated heterocycles. The first-order valence-corrected chi connectivity index (χ1v) is 10.1. The Hall–Kier alpha value is -3.26. The predicted molar refractivity (Wildman–Crippen MR) is 111 cm³/mol. The van der Waals surface area contributed by atoms with Crippen LogP contribution >= 0.6 is 0 Å². The van der Waals surface area contributed by atoms with Gasteiger partial charge in [0.2, 0.25) is 5.88 Å². The van der Waals surface area contributed by atoms with Crippen LogP contribution in [0, 0.1) is 18.7 Å². The van der Waals surface area contributed by atoms with Crippen molar-refractivity contribution < 1.29 is 23.6 Å². The fourth-order valence-electron chi connectivity index (χ4n) is 3.37. The highest BCUT2D eigenvalue weighted by Gasteiger charge is 2.40. The van der Waals surface area contributed by atoms with Crippen molar-refractivity contribution in [1.29, 1.82) is 0 Å². The first-order valence-electron chi connectivity index (χ1n) is 10.1. The molecule has 0 aliphatic heterocycles. The number of pyridine rings is 1. The molecular weight excluding hydrogens is 401 g/mol. The van der Waals surface area contributed by atoms with Gasteiger partial charge in [0.1, 0.15) is 23.9 Å². The van der Waals surface area contributed by atoms with Crippen LogP contribution < -0.4 is 10.1 Å². The molecule has 162 valence electrons. The molecule has 1 amide bonds. The summed E-state index contributed by atoms with van der Waals surface area (Å²) in [5, 5.41) is 17.1. The van der Waals surface area contributed by atoms with E-state index < -0.39 is 5.60 Å². The van der Waals surface area contributed by atoms with E-state index in [1.165, 1.54) is 18.3 Å². The Labute approximate surface area is 179 Å². The molecule has 1 fully saturated rings. The summed E-state index contributed by atoms with van der Waals surface area (Å²) in [6.07, 6.45) is 3.35. The minimum absolute atomic E-state index is 0.133. The van der Waals surface area contributed by atoms with Gasteiger partial charge in [0.25, 0.3) is 5.91 Å². The van der Waals surface area contributed by atoms with Crippen LogP contribution in [0.4, 0.5) is 4.39 Å². The molecular formula is C23H24FN3O4. The molecule has 2 heterocycles. The lowest BCUT2D eigenvalue weighted by Crippen LogP contribution is -2.42. The maximum Gasteiger partial charge on any atom is 0.252 e. The quantitative estimate of drug-likeness (QED) is 0.572. The van der Waals surface area contributed by atoms with Crippen LogP contribution in [0.1, 0.15) is 41.6 Å². The summed E-state index contributed by atoms with van der Waals surface area (Å²) in [7, 11) is 0. The van der Waals surface area contributed by atoms with Crippen LogP contribution in [0.3, 0.4) is 0 Å². The molecule has 1 aliphatic rings. The average molecular weight is 425 g/mol. The number of nitrogens with one attached hydrogen (secondary N) is 1. The number of halogens is 1. The Morgan fingerprint density at radius 3 is 2.71 bits per heavy atom. The maximum atomic E-state index is 13.4. The summed E-state index contributed by atoms with van der Waals surface area (Å²) >= 11 is 0. The van der Waals surface area contributed by atoms with E-state index in [9.17, 15) is 14.3 Å². The van der Waals surface area contributed by atoms with Crippen molar-refractivity contribution in [2.75, 3.05) is 6.54 Å². The predicted octanol–water partition coefficient (Wildman–Crippen LogP) is 3.65.